The van der Waals surface area contributed by atoms with Crippen molar-refractivity contribution in [2.24, 2.45) is 0 Å². The van der Waals surface area contributed by atoms with E-state index in [0.717, 1.165) is 18.4 Å². The summed E-state index contributed by atoms with van der Waals surface area (Å²) in [5.41, 5.74) is 3.22. The standard InChI is InChI=1S/C19H20N2O3/c1-2-24-18(22)15-9-5-6-10-16(15)20-19(23)21-17-12-11-13-7-3-4-8-14(13)17/h3-10,17H,2,11-12H2,1H3,(H2,20,21,23). The molecule has 0 saturated heterocycles. The molecule has 2 amide bonds. The lowest BCUT2D eigenvalue weighted by atomic mass is 10.1. The van der Waals surface area contributed by atoms with Gasteiger partial charge in [0, 0.05) is 0 Å². The summed E-state index contributed by atoms with van der Waals surface area (Å²) in [6.45, 7) is 2.04. The number of ether oxygens (including phenoxy) is 1. The smallest absolute Gasteiger partial charge is 0.340 e. The molecular formula is C19H20N2O3. The van der Waals surface area contributed by atoms with Crippen LogP contribution in [0.15, 0.2) is 48.5 Å². The Labute approximate surface area is 141 Å². The minimum absolute atomic E-state index is 0.00374. The molecule has 0 radical (unpaired) electrons. The number of rotatable bonds is 4. The number of aryl methyl sites for hydroxylation is 1. The second-order valence-electron chi connectivity index (χ2n) is 5.65. The number of carbonyl (C=O) groups is 2. The highest BCUT2D eigenvalue weighted by molar-refractivity contribution is 6.00. The number of urea groups is 1. The molecule has 0 fully saturated rings. The molecule has 0 spiro atoms. The van der Waals surface area contributed by atoms with Crippen LogP contribution in [0.25, 0.3) is 0 Å². The lowest BCUT2D eigenvalue weighted by Crippen LogP contribution is -2.32. The van der Waals surface area contributed by atoms with E-state index in [2.05, 4.69) is 16.7 Å². The second kappa shape index (κ2) is 7.17. The summed E-state index contributed by atoms with van der Waals surface area (Å²) in [4.78, 5) is 24.3. The summed E-state index contributed by atoms with van der Waals surface area (Å²) >= 11 is 0. The molecule has 5 heteroatoms. The molecule has 3 rings (SSSR count). The monoisotopic (exact) mass is 324 g/mol. The van der Waals surface area contributed by atoms with Crippen molar-refractivity contribution < 1.29 is 14.3 Å². The van der Waals surface area contributed by atoms with Gasteiger partial charge in [-0.15, -0.1) is 0 Å². The summed E-state index contributed by atoms with van der Waals surface area (Å²) < 4.78 is 5.02. The molecule has 0 heterocycles. The number of amides is 2. The van der Waals surface area contributed by atoms with E-state index in [4.69, 9.17) is 4.74 Å². The fourth-order valence-electron chi connectivity index (χ4n) is 3.00. The molecule has 0 bridgehead atoms. The zero-order chi connectivity index (χ0) is 16.9. The molecule has 1 aliphatic rings. The minimum Gasteiger partial charge on any atom is -0.462 e. The van der Waals surface area contributed by atoms with Gasteiger partial charge in [0.05, 0.1) is 23.9 Å². The Balaban J connectivity index is 1.69. The predicted octanol–water partition coefficient (Wildman–Crippen LogP) is 3.67. The first-order chi connectivity index (χ1) is 11.7. The Morgan fingerprint density at radius 3 is 2.71 bits per heavy atom. The molecule has 0 aromatic heterocycles. The second-order valence-corrected chi connectivity index (χ2v) is 5.65. The van der Waals surface area contributed by atoms with Crippen LogP contribution in [0, 0.1) is 0 Å². The van der Waals surface area contributed by atoms with Crippen molar-refractivity contribution in [2.45, 2.75) is 25.8 Å². The van der Waals surface area contributed by atoms with Gasteiger partial charge in [0.25, 0.3) is 0 Å². The third kappa shape index (κ3) is 3.40. The van der Waals surface area contributed by atoms with Crippen LogP contribution in [-0.2, 0) is 11.2 Å². The molecule has 5 nitrogen and oxygen atoms in total. The van der Waals surface area contributed by atoms with E-state index < -0.39 is 5.97 Å². The molecule has 24 heavy (non-hydrogen) atoms. The van der Waals surface area contributed by atoms with Gasteiger partial charge in [0.2, 0.25) is 0 Å². The Morgan fingerprint density at radius 1 is 1.12 bits per heavy atom. The molecule has 2 aromatic carbocycles. The number of benzene rings is 2. The lowest BCUT2D eigenvalue weighted by molar-refractivity contribution is 0.0527. The summed E-state index contributed by atoms with van der Waals surface area (Å²) in [7, 11) is 0. The summed E-state index contributed by atoms with van der Waals surface area (Å²) in [5, 5.41) is 5.74. The Bertz CT molecular complexity index is 758. The molecule has 2 N–H and O–H groups in total. The average Bonchev–Trinajstić information content (AvgIpc) is 2.98. The van der Waals surface area contributed by atoms with Crippen molar-refractivity contribution in [2.75, 3.05) is 11.9 Å². The van der Waals surface area contributed by atoms with Crippen LogP contribution >= 0.6 is 0 Å². The van der Waals surface area contributed by atoms with E-state index in [1.807, 2.05) is 18.2 Å². The number of hydrogen-bond acceptors (Lipinski definition) is 3. The van der Waals surface area contributed by atoms with Crippen LogP contribution in [0.4, 0.5) is 10.5 Å². The van der Waals surface area contributed by atoms with E-state index in [-0.39, 0.29) is 18.7 Å². The number of fused-ring (bicyclic) bond motifs is 1. The normalized spacial score (nSPS) is 15.5. The molecule has 1 atom stereocenters. The first kappa shape index (κ1) is 16.1. The van der Waals surface area contributed by atoms with Crippen LogP contribution in [0.5, 0.6) is 0 Å². The van der Waals surface area contributed by atoms with E-state index >= 15 is 0 Å². The molecule has 124 valence electrons. The average molecular weight is 324 g/mol. The Hall–Kier alpha value is -2.82. The maximum atomic E-state index is 12.3. The molecule has 1 aliphatic carbocycles. The molecule has 1 unspecified atom stereocenters. The van der Waals surface area contributed by atoms with E-state index in [1.165, 1.54) is 5.56 Å². The van der Waals surface area contributed by atoms with Gasteiger partial charge < -0.3 is 15.4 Å². The number of esters is 1. The highest BCUT2D eigenvalue weighted by atomic mass is 16.5. The largest absolute Gasteiger partial charge is 0.462 e. The van der Waals surface area contributed by atoms with Gasteiger partial charge in [0.15, 0.2) is 0 Å². The number of para-hydroxylation sites is 1. The van der Waals surface area contributed by atoms with Crippen molar-refractivity contribution in [3.63, 3.8) is 0 Å². The molecule has 2 aromatic rings. The van der Waals surface area contributed by atoms with Crippen LogP contribution in [0.1, 0.15) is 40.9 Å². The zero-order valence-corrected chi connectivity index (χ0v) is 13.5. The number of carbonyl (C=O) groups excluding carboxylic acids is 2. The van der Waals surface area contributed by atoms with Gasteiger partial charge >= 0.3 is 12.0 Å². The fourth-order valence-corrected chi connectivity index (χ4v) is 3.00. The fraction of sp³-hybridized carbons (Fsp3) is 0.263. The van der Waals surface area contributed by atoms with Gasteiger partial charge in [-0.1, -0.05) is 36.4 Å². The lowest BCUT2D eigenvalue weighted by Gasteiger charge is -2.16. The van der Waals surface area contributed by atoms with E-state index in [9.17, 15) is 9.59 Å². The maximum absolute atomic E-state index is 12.3. The first-order valence-electron chi connectivity index (χ1n) is 8.10. The van der Waals surface area contributed by atoms with Gasteiger partial charge in [-0.2, -0.15) is 0 Å². The third-order valence-electron chi connectivity index (χ3n) is 4.11. The first-order valence-corrected chi connectivity index (χ1v) is 8.10. The van der Waals surface area contributed by atoms with Crippen molar-refractivity contribution in [3.8, 4) is 0 Å². The maximum Gasteiger partial charge on any atom is 0.340 e. The van der Waals surface area contributed by atoms with Crippen LogP contribution in [0.3, 0.4) is 0 Å². The quantitative estimate of drug-likeness (QED) is 0.843. The van der Waals surface area contributed by atoms with E-state index in [0.29, 0.717) is 11.3 Å². The molecular weight excluding hydrogens is 304 g/mol. The van der Waals surface area contributed by atoms with Crippen LogP contribution in [0.2, 0.25) is 0 Å². The number of hydrogen-bond donors (Lipinski definition) is 2. The van der Waals surface area contributed by atoms with Crippen molar-refractivity contribution >= 4 is 17.7 Å². The number of anilines is 1. The van der Waals surface area contributed by atoms with Crippen molar-refractivity contribution in [1.29, 1.82) is 0 Å². The van der Waals surface area contributed by atoms with Crippen molar-refractivity contribution in [1.82, 2.24) is 5.32 Å². The zero-order valence-electron chi connectivity index (χ0n) is 13.5. The molecule has 0 aliphatic heterocycles. The van der Waals surface area contributed by atoms with Gasteiger partial charge in [-0.05, 0) is 43.0 Å². The van der Waals surface area contributed by atoms with Crippen LogP contribution in [-0.4, -0.2) is 18.6 Å². The summed E-state index contributed by atoms with van der Waals surface area (Å²) in [5.74, 6) is -0.445. The van der Waals surface area contributed by atoms with Gasteiger partial charge in [-0.25, -0.2) is 9.59 Å². The molecule has 0 saturated carbocycles. The predicted molar refractivity (Wildman–Crippen MR) is 92.1 cm³/mol. The topological polar surface area (TPSA) is 67.4 Å². The Morgan fingerprint density at radius 2 is 1.88 bits per heavy atom. The highest BCUT2D eigenvalue weighted by Gasteiger charge is 2.24. The number of nitrogens with one attached hydrogen (secondary N) is 2. The van der Waals surface area contributed by atoms with E-state index in [1.54, 1.807) is 31.2 Å². The van der Waals surface area contributed by atoms with Crippen LogP contribution < -0.4 is 10.6 Å². The Kier molecular flexibility index (Phi) is 4.79. The SMILES string of the molecule is CCOC(=O)c1ccccc1NC(=O)NC1CCc2ccccc21. The highest BCUT2D eigenvalue weighted by Crippen LogP contribution is 2.30. The summed E-state index contributed by atoms with van der Waals surface area (Å²) in [6.07, 6.45) is 1.84. The minimum atomic E-state index is -0.445. The van der Waals surface area contributed by atoms with Crippen molar-refractivity contribution in [3.05, 3.63) is 65.2 Å². The third-order valence-corrected chi connectivity index (χ3v) is 4.11. The van der Waals surface area contributed by atoms with Gasteiger partial charge in [-0.3, -0.25) is 0 Å². The van der Waals surface area contributed by atoms with Gasteiger partial charge in [0.1, 0.15) is 0 Å². The summed E-state index contributed by atoms with van der Waals surface area (Å²) in [6, 6.07) is 14.6.